The molecule has 0 unspecified atom stereocenters. The summed E-state index contributed by atoms with van der Waals surface area (Å²) in [4.78, 5) is 12.3. The van der Waals surface area contributed by atoms with Crippen LogP contribution in [-0.4, -0.2) is 25.5 Å². The Balaban J connectivity index is 1.96. The summed E-state index contributed by atoms with van der Waals surface area (Å²) in [6.45, 7) is 4.70. The third-order valence-electron chi connectivity index (χ3n) is 3.28. The largest absolute Gasteiger partial charge is 0.488 e. The minimum absolute atomic E-state index is 0.116. The summed E-state index contributed by atoms with van der Waals surface area (Å²) in [7, 11) is 0. The van der Waals surface area contributed by atoms with E-state index < -0.39 is 0 Å². The number of carbonyl (C=O) groups excluding carboxylic acids is 1. The number of hydrogen-bond acceptors (Lipinski definition) is 3. The molecule has 0 spiro atoms. The van der Waals surface area contributed by atoms with Crippen molar-refractivity contribution in [3.05, 3.63) is 64.1 Å². The molecule has 2 aromatic rings. The first-order valence-corrected chi connectivity index (χ1v) is 8.45. The predicted molar refractivity (Wildman–Crippen MR) is 95.8 cm³/mol. The molecular weight excluding hydrogens is 356 g/mol. The molecule has 2 aromatic carbocycles. The van der Waals surface area contributed by atoms with Crippen molar-refractivity contribution in [3.63, 3.8) is 0 Å². The Labute approximate surface area is 145 Å². The van der Waals surface area contributed by atoms with E-state index in [1.165, 1.54) is 0 Å². The van der Waals surface area contributed by atoms with Crippen molar-refractivity contribution in [2.75, 3.05) is 19.6 Å². The van der Waals surface area contributed by atoms with E-state index in [1.54, 1.807) is 6.07 Å². The van der Waals surface area contributed by atoms with E-state index in [-0.39, 0.29) is 5.91 Å². The molecule has 0 heterocycles. The average Bonchev–Trinajstić information content (AvgIpc) is 2.58. The van der Waals surface area contributed by atoms with Gasteiger partial charge < -0.3 is 15.4 Å². The van der Waals surface area contributed by atoms with E-state index in [2.05, 4.69) is 26.6 Å². The third-order valence-corrected chi connectivity index (χ3v) is 3.81. The van der Waals surface area contributed by atoms with E-state index in [9.17, 15) is 4.79 Å². The smallest absolute Gasteiger partial charge is 0.255 e. The highest BCUT2D eigenvalue weighted by Crippen LogP contribution is 2.20. The van der Waals surface area contributed by atoms with Crippen LogP contribution in [0.1, 0.15) is 22.8 Å². The lowest BCUT2D eigenvalue weighted by atomic mass is 10.2. The molecule has 0 saturated carbocycles. The van der Waals surface area contributed by atoms with Crippen molar-refractivity contribution < 1.29 is 9.53 Å². The van der Waals surface area contributed by atoms with Crippen LogP contribution in [-0.2, 0) is 6.61 Å². The van der Waals surface area contributed by atoms with E-state index in [4.69, 9.17) is 4.74 Å². The Morgan fingerprint density at radius 2 is 1.83 bits per heavy atom. The van der Waals surface area contributed by atoms with Crippen molar-refractivity contribution in [1.82, 2.24) is 10.6 Å². The maximum atomic E-state index is 12.3. The lowest BCUT2D eigenvalue weighted by Gasteiger charge is -2.12. The Morgan fingerprint density at radius 1 is 1.09 bits per heavy atom. The fourth-order valence-corrected chi connectivity index (χ4v) is 2.32. The van der Waals surface area contributed by atoms with Crippen molar-refractivity contribution in [2.24, 2.45) is 0 Å². The predicted octanol–water partition coefficient (Wildman–Crippen LogP) is 3.37. The Hall–Kier alpha value is -1.85. The van der Waals surface area contributed by atoms with Crippen molar-refractivity contribution >= 4 is 21.8 Å². The molecular formula is C18H21BrN2O2. The van der Waals surface area contributed by atoms with E-state index in [1.807, 2.05) is 49.4 Å². The summed E-state index contributed by atoms with van der Waals surface area (Å²) in [6, 6.07) is 15.2. The van der Waals surface area contributed by atoms with Crippen LogP contribution in [0.4, 0.5) is 0 Å². The van der Waals surface area contributed by atoms with Gasteiger partial charge >= 0.3 is 0 Å². The number of halogens is 1. The maximum Gasteiger partial charge on any atom is 0.255 e. The fraction of sp³-hybridized carbons (Fsp3) is 0.278. The number of ether oxygens (including phenoxy) is 1. The quantitative estimate of drug-likeness (QED) is 0.694. The number of hydrogen-bond donors (Lipinski definition) is 2. The molecule has 0 aliphatic rings. The van der Waals surface area contributed by atoms with Gasteiger partial charge in [-0.1, -0.05) is 47.1 Å². The molecule has 4 nitrogen and oxygen atoms in total. The van der Waals surface area contributed by atoms with Gasteiger partial charge in [0, 0.05) is 17.6 Å². The second-order valence-electron chi connectivity index (χ2n) is 5.02. The van der Waals surface area contributed by atoms with Crippen molar-refractivity contribution in [1.29, 1.82) is 0 Å². The molecule has 2 rings (SSSR count). The molecule has 122 valence electrons. The van der Waals surface area contributed by atoms with Gasteiger partial charge in [-0.2, -0.15) is 0 Å². The molecule has 0 aliphatic carbocycles. The van der Waals surface area contributed by atoms with Gasteiger partial charge in [-0.05, 0) is 36.4 Å². The molecule has 0 radical (unpaired) electrons. The third kappa shape index (κ3) is 5.69. The van der Waals surface area contributed by atoms with Gasteiger partial charge in [-0.3, -0.25) is 4.79 Å². The Morgan fingerprint density at radius 3 is 2.57 bits per heavy atom. The number of likely N-dealkylation sites (N-methyl/N-ethyl adjacent to an activating group) is 1. The van der Waals surface area contributed by atoms with Gasteiger partial charge in [0.25, 0.3) is 5.91 Å². The van der Waals surface area contributed by atoms with Crippen LogP contribution in [0.5, 0.6) is 5.75 Å². The van der Waals surface area contributed by atoms with Crippen LogP contribution in [0, 0.1) is 0 Å². The number of carbonyl (C=O) groups is 1. The molecule has 23 heavy (non-hydrogen) atoms. The second kappa shape index (κ2) is 9.33. The molecule has 0 aromatic heterocycles. The Kier molecular flexibility index (Phi) is 7.10. The van der Waals surface area contributed by atoms with Gasteiger partial charge in [0.2, 0.25) is 0 Å². The normalized spacial score (nSPS) is 10.3. The summed E-state index contributed by atoms with van der Waals surface area (Å²) in [5.41, 5.74) is 1.61. The lowest BCUT2D eigenvalue weighted by Crippen LogP contribution is -2.31. The fourth-order valence-electron chi connectivity index (χ4n) is 2.06. The lowest BCUT2D eigenvalue weighted by molar-refractivity contribution is 0.0949. The first-order valence-electron chi connectivity index (χ1n) is 7.66. The SMILES string of the molecule is CCNCCNC(=O)c1ccccc1OCc1ccc(Br)cc1. The summed E-state index contributed by atoms with van der Waals surface area (Å²) < 4.78 is 6.85. The van der Waals surface area contributed by atoms with Crippen LogP contribution < -0.4 is 15.4 Å². The van der Waals surface area contributed by atoms with Crippen molar-refractivity contribution in [3.8, 4) is 5.75 Å². The Bertz CT molecular complexity index is 629. The first-order chi connectivity index (χ1) is 11.2. The summed E-state index contributed by atoms with van der Waals surface area (Å²) in [6.07, 6.45) is 0. The minimum Gasteiger partial charge on any atom is -0.488 e. The number of amides is 1. The van der Waals surface area contributed by atoms with Crippen LogP contribution in [0.15, 0.2) is 53.0 Å². The maximum absolute atomic E-state index is 12.3. The highest BCUT2D eigenvalue weighted by atomic mass is 79.9. The van der Waals surface area contributed by atoms with Gasteiger partial charge in [0.05, 0.1) is 5.56 Å². The number of rotatable bonds is 8. The van der Waals surface area contributed by atoms with E-state index in [0.29, 0.717) is 24.5 Å². The zero-order chi connectivity index (χ0) is 16.5. The van der Waals surface area contributed by atoms with Crippen LogP contribution >= 0.6 is 15.9 Å². The topological polar surface area (TPSA) is 50.4 Å². The van der Waals surface area contributed by atoms with Crippen LogP contribution in [0.25, 0.3) is 0 Å². The van der Waals surface area contributed by atoms with Gasteiger partial charge in [0.15, 0.2) is 0 Å². The van der Waals surface area contributed by atoms with Gasteiger partial charge in [-0.25, -0.2) is 0 Å². The van der Waals surface area contributed by atoms with Crippen molar-refractivity contribution in [2.45, 2.75) is 13.5 Å². The van der Waals surface area contributed by atoms with E-state index >= 15 is 0 Å². The molecule has 0 aliphatic heterocycles. The number of para-hydroxylation sites is 1. The van der Waals surface area contributed by atoms with E-state index in [0.717, 1.165) is 23.1 Å². The molecule has 2 N–H and O–H groups in total. The molecule has 5 heteroatoms. The first kappa shape index (κ1) is 17.5. The molecule has 0 fully saturated rings. The summed E-state index contributed by atoms with van der Waals surface area (Å²) in [5.74, 6) is 0.477. The van der Waals surface area contributed by atoms with Gasteiger partial charge in [0.1, 0.15) is 12.4 Å². The number of nitrogens with one attached hydrogen (secondary N) is 2. The highest BCUT2D eigenvalue weighted by Gasteiger charge is 2.11. The molecule has 1 amide bonds. The molecule has 0 bridgehead atoms. The average molecular weight is 377 g/mol. The molecule has 0 saturated heterocycles. The highest BCUT2D eigenvalue weighted by molar-refractivity contribution is 9.10. The number of benzene rings is 2. The molecule has 0 atom stereocenters. The second-order valence-corrected chi connectivity index (χ2v) is 5.94. The summed E-state index contributed by atoms with van der Waals surface area (Å²) >= 11 is 3.41. The van der Waals surface area contributed by atoms with Gasteiger partial charge in [-0.15, -0.1) is 0 Å². The summed E-state index contributed by atoms with van der Waals surface area (Å²) in [5, 5.41) is 6.06. The zero-order valence-electron chi connectivity index (χ0n) is 13.1. The zero-order valence-corrected chi connectivity index (χ0v) is 14.7. The van der Waals surface area contributed by atoms with Crippen LogP contribution in [0.2, 0.25) is 0 Å². The standard InChI is InChI=1S/C18H21BrN2O2/c1-2-20-11-12-21-18(22)16-5-3-4-6-17(16)23-13-14-7-9-15(19)10-8-14/h3-10,20H,2,11-13H2,1H3,(H,21,22). The van der Waals surface area contributed by atoms with Crippen LogP contribution in [0.3, 0.4) is 0 Å². The minimum atomic E-state index is -0.116. The monoisotopic (exact) mass is 376 g/mol.